The molecule has 3 aliphatic rings. The third-order valence-electron chi connectivity index (χ3n) is 8.54. The number of carbonyl (C=O) groups excluding carboxylic acids is 3. The van der Waals surface area contributed by atoms with Gasteiger partial charge in [0.05, 0.1) is 30.8 Å². The molecule has 0 aromatic carbocycles. The molecule has 1 spiro atoms. The Labute approximate surface area is 216 Å². The smallest absolute Gasteiger partial charge is 0.312 e. The SMILES string of the molecule is C=CCN(C(=O)C1N([C@H](C)CO)C(=O)[C@@H]2[C@H](C(=O)OCC)[C@@]3(C)OC12CC3C)C(C)(C)CC(C)(C)C. The molecule has 0 aromatic rings. The van der Waals surface area contributed by atoms with Crippen molar-refractivity contribution < 1.29 is 29.0 Å². The molecule has 0 saturated carbocycles. The summed E-state index contributed by atoms with van der Waals surface area (Å²) in [5, 5.41) is 10.1. The van der Waals surface area contributed by atoms with Crippen LogP contribution < -0.4 is 0 Å². The van der Waals surface area contributed by atoms with Crippen LogP contribution in [0.4, 0.5) is 0 Å². The molecule has 2 amide bonds. The van der Waals surface area contributed by atoms with E-state index in [1.807, 2.05) is 27.7 Å². The van der Waals surface area contributed by atoms with E-state index in [4.69, 9.17) is 9.47 Å². The zero-order valence-corrected chi connectivity index (χ0v) is 23.6. The molecule has 0 aromatic heterocycles. The molecule has 3 saturated heterocycles. The lowest BCUT2D eigenvalue weighted by Crippen LogP contribution is -2.62. The highest BCUT2D eigenvalue weighted by Crippen LogP contribution is 2.65. The fraction of sp³-hybridized carbons (Fsp3) is 0.821. The Hall–Kier alpha value is -1.93. The van der Waals surface area contributed by atoms with Gasteiger partial charge in [-0.25, -0.2) is 0 Å². The fourth-order valence-electron chi connectivity index (χ4n) is 7.41. The lowest BCUT2D eigenvalue weighted by Gasteiger charge is -2.46. The topological polar surface area (TPSA) is 96.4 Å². The van der Waals surface area contributed by atoms with Gasteiger partial charge in [-0.05, 0) is 58.8 Å². The second-order valence-corrected chi connectivity index (χ2v) is 13.0. The molecule has 2 bridgehead atoms. The summed E-state index contributed by atoms with van der Waals surface area (Å²) < 4.78 is 12.1. The van der Waals surface area contributed by atoms with Gasteiger partial charge in [0.2, 0.25) is 11.8 Å². The van der Waals surface area contributed by atoms with E-state index in [0.717, 1.165) is 6.42 Å². The lowest BCUT2D eigenvalue weighted by molar-refractivity contribution is -0.164. The number of hydrogen-bond donors (Lipinski definition) is 1. The van der Waals surface area contributed by atoms with Gasteiger partial charge in [-0.15, -0.1) is 6.58 Å². The van der Waals surface area contributed by atoms with Crippen molar-refractivity contribution in [3.8, 4) is 0 Å². The number of fused-ring (bicyclic) bond motifs is 1. The normalized spacial score (nSPS) is 34.5. The van der Waals surface area contributed by atoms with Crippen molar-refractivity contribution in [2.45, 2.75) is 104 Å². The molecule has 3 fully saturated rings. The zero-order valence-electron chi connectivity index (χ0n) is 23.6. The van der Waals surface area contributed by atoms with E-state index in [2.05, 4.69) is 27.4 Å². The molecule has 36 heavy (non-hydrogen) atoms. The van der Waals surface area contributed by atoms with Gasteiger partial charge in [-0.3, -0.25) is 14.4 Å². The van der Waals surface area contributed by atoms with Gasteiger partial charge in [-0.1, -0.05) is 33.8 Å². The van der Waals surface area contributed by atoms with E-state index in [0.29, 0.717) is 13.0 Å². The van der Waals surface area contributed by atoms with Crippen LogP contribution in [0, 0.1) is 23.2 Å². The summed E-state index contributed by atoms with van der Waals surface area (Å²) in [6.07, 6.45) is 2.90. The quantitative estimate of drug-likeness (QED) is 0.381. The number of likely N-dealkylation sites (tertiary alicyclic amines) is 1. The van der Waals surface area contributed by atoms with E-state index in [-0.39, 0.29) is 36.4 Å². The first-order valence-corrected chi connectivity index (χ1v) is 13.2. The Bertz CT molecular complexity index is 910. The third kappa shape index (κ3) is 4.28. The maximum atomic E-state index is 14.6. The number of aliphatic hydroxyl groups is 1. The highest BCUT2D eigenvalue weighted by Gasteiger charge is 2.80. The first-order chi connectivity index (χ1) is 16.5. The molecule has 3 heterocycles. The number of esters is 1. The van der Waals surface area contributed by atoms with Crippen molar-refractivity contribution in [1.82, 2.24) is 9.80 Å². The van der Waals surface area contributed by atoms with Gasteiger partial charge < -0.3 is 24.4 Å². The number of carbonyl (C=O) groups is 3. The van der Waals surface area contributed by atoms with E-state index in [1.165, 1.54) is 4.90 Å². The minimum Gasteiger partial charge on any atom is -0.466 e. The van der Waals surface area contributed by atoms with Gasteiger partial charge in [0.1, 0.15) is 17.6 Å². The Balaban J connectivity index is 2.17. The average Bonchev–Trinajstić information content (AvgIpc) is 3.26. The van der Waals surface area contributed by atoms with Crippen LogP contribution in [0.15, 0.2) is 12.7 Å². The minimum absolute atomic E-state index is 0.0487. The Kier molecular flexibility index (Phi) is 7.50. The van der Waals surface area contributed by atoms with Gasteiger partial charge in [-0.2, -0.15) is 0 Å². The molecular formula is C28H46N2O6. The van der Waals surface area contributed by atoms with Crippen molar-refractivity contribution >= 4 is 17.8 Å². The lowest BCUT2D eigenvalue weighted by atomic mass is 9.62. The van der Waals surface area contributed by atoms with Crippen molar-refractivity contribution in [2.24, 2.45) is 23.2 Å². The van der Waals surface area contributed by atoms with Gasteiger partial charge in [0.15, 0.2) is 0 Å². The molecule has 7 atom stereocenters. The summed E-state index contributed by atoms with van der Waals surface area (Å²) in [7, 11) is 0. The van der Waals surface area contributed by atoms with Crippen LogP contribution in [-0.4, -0.2) is 81.3 Å². The van der Waals surface area contributed by atoms with Gasteiger partial charge in [0, 0.05) is 12.1 Å². The highest BCUT2D eigenvalue weighted by atomic mass is 16.6. The fourth-order valence-corrected chi connectivity index (χ4v) is 7.41. The second-order valence-electron chi connectivity index (χ2n) is 13.0. The number of nitrogens with zero attached hydrogens (tertiary/aromatic N) is 2. The molecular weight excluding hydrogens is 460 g/mol. The van der Waals surface area contributed by atoms with Crippen LogP contribution in [0.3, 0.4) is 0 Å². The Morgan fingerprint density at radius 2 is 1.94 bits per heavy atom. The molecule has 1 N–H and O–H groups in total. The number of ether oxygens (including phenoxy) is 2. The van der Waals surface area contributed by atoms with Crippen LogP contribution in [0.5, 0.6) is 0 Å². The minimum atomic E-state index is -1.17. The van der Waals surface area contributed by atoms with Crippen molar-refractivity contribution in [2.75, 3.05) is 19.8 Å². The average molecular weight is 507 g/mol. The predicted molar refractivity (Wildman–Crippen MR) is 137 cm³/mol. The molecule has 8 nitrogen and oxygen atoms in total. The van der Waals surface area contributed by atoms with E-state index in [1.54, 1.807) is 24.8 Å². The molecule has 3 rings (SSSR count). The molecule has 3 unspecified atom stereocenters. The van der Waals surface area contributed by atoms with Crippen LogP contribution in [0.25, 0.3) is 0 Å². The number of rotatable bonds is 9. The van der Waals surface area contributed by atoms with E-state index < -0.39 is 46.6 Å². The van der Waals surface area contributed by atoms with Crippen molar-refractivity contribution in [3.63, 3.8) is 0 Å². The number of aliphatic hydroxyl groups excluding tert-OH is 1. The molecule has 204 valence electrons. The summed E-state index contributed by atoms with van der Waals surface area (Å²) >= 11 is 0. The van der Waals surface area contributed by atoms with Crippen LogP contribution in [0.1, 0.15) is 75.2 Å². The molecule has 0 radical (unpaired) electrons. The standard InChI is InChI=1S/C28H46N2O6/c1-11-13-29(26(8,9)16-25(5,6)7)23(33)21-28-14-17(3)27(10,36-28)20(24(34)35-12-2)19(28)22(32)30(21)18(4)15-31/h11,17-21,31H,1,12-16H2,2-10H3/t17?,18-,19+,20-,21?,27+,28?/m1/s1. The highest BCUT2D eigenvalue weighted by molar-refractivity contribution is 5.99. The number of hydrogen-bond acceptors (Lipinski definition) is 6. The van der Waals surface area contributed by atoms with Gasteiger partial charge in [0.25, 0.3) is 0 Å². The first kappa shape index (κ1) is 28.6. The molecule has 0 aliphatic carbocycles. The maximum absolute atomic E-state index is 14.6. The first-order valence-electron chi connectivity index (χ1n) is 13.2. The molecule has 3 aliphatic heterocycles. The van der Waals surface area contributed by atoms with Crippen LogP contribution >= 0.6 is 0 Å². The third-order valence-corrected chi connectivity index (χ3v) is 8.54. The Morgan fingerprint density at radius 1 is 1.33 bits per heavy atom. The summed E-state index contributed by atoms with van der Waals surface area (Å²) in [5.41, 5.74) is -2.67. The summed E-state index contributed by atoms with van der Waals surface area (Å²) in [6.45, 7) is 21.9. The van der Waals surface area contributed by atoms with Gasteiger partial charge >= 0.3 is 5.97 Å². The van der Waals surface area contributed by atoms with E-state index >= 15 is 0 Å². The number of amides is 2. The van der Waals surface area contributed by atoms with E-state index in [9.17, 15) is 19.5 Å². The maximum Gasteiger partial charge on any atom is 0.312 e. The monoisotopic (exact) mass is 506 g/mol. The Morgan fingerprint density at radius 3 is 2.44 bits per heavy atom. The van der Waals surface area contributed by atoms with Crippen molar-refractivity contribution in [1.29, 1.82) is 0 Å². The summed E-state index contributed by atoms with van der Waals surface area (Å²) in [5.74, 6) is -2.73. The van der Waals surface area contributed by atoms with Crippen LogP contribution in [0.2, 0.25) is 0 Å². The summed E-state index contributed by atoms with van der Waals surface area (Å²) in [4.78, 5) is 45.1. The second kappa shape index (κ2) is 9.43. The van der Waals surface area contributed by atoms with Crippen molar-refractivity contribution in [3.05, 3.63) is 12.7 Å². The zero-order chi connectivity index (χ0) is 27.4. The largest absolute Gasteiger partial charge is 0.466 e. The summed E-state index contributed by atoms with van der Waals surface area (Å²) in [6, 6.07) is -1.57. The predicted octanol–water partition coefficient (Wildman–Crippen LogP) is 3.17. The van der Waals surface area contributed by atoms with Crippen LogP contribution in [-0.2, 0) is 23.9 Å². The molecule has 8 heteroatoms.